The van der Waals surface area contributed by atoms with Crippen molar-refractivity contribution in [2.45, 2.75) is 31.1 Å². The van der Waals surface area contributed by atoms with E-state index < -0.39 is 16.0 Å². The quantitative estimate of drug-likeness (QED) is 0.214. The average molecular weight is 404 g/mol. The summed E-state index contributed by atoms with van der Waals surface area (Å²) in [5, 5.41) is 0. The Bertz CT molecular complexity index is 807. The van der Waals surface area contributed by atoms with E-state index in [1.807, 2.05) is 19.1 Å². The van der Waals surface area contributed by atoms with E-state index in [2.05, 4.69) is 19.7 Å². The van der Waals surface area contributed by atoms with Gasteiger partial charge in [0.2, 0.25) is 10.0 Å². The first-order valence-corrected chi connectivity index (χ1v) is 10.5. The molecule has 0 spiro atoms. The van der Waals surface area contributed by atoms with Crippen molar-refractivity contribution in [1.29, 1.82) is 0 Å². The third-order valence-electron chi connectivity index (χ3n) is 3.86. The Kier molecular flexibility index (Phi) is 10.2. The molecule has 0 aliphatic rings. The van der Waals surface area contributed by atoms with E-state index in [0.29, 0.717) is 12.0 Å². The van der Waals surface area contributed by atoms with Crippen LogP contribution in [0.4, 0.5) is 0 Å². The van der Waals surface area contributed by atoms with Gasteiger partial charge in [0.05, 0.1) is 4.90 Å². The van der Waals surface area contributed by atoms with Crippen molar-refractivity contribution >= 4 is 16.0 Å². The largest absolute Gasteiger partial charge is 0.460 e. The maximum atomic E-state index is 12.9. The molecule has 0 aliphatic carbocycles. The summed E-state index contributed by atoms with van der Waals surface area (Å²) in [6.45, 7) is 12.8. The molecule has 0 atom stereocenters. The van der Waals surface area contributed by atoms with E-state index in [1.54, 1.807) is 24.3 Å². The number of allylic oxidation sites excluding steroid dienone is 2. The summed E-state index contributed by atoms with van der Waals surface area (Å²) < 4.78 is 32.0. The van der Waals surface area contributed by atoms with E-state index in [4.69, 9.17) is 4.74 Å². The predicted octanol–water partition coefficient (Wildman–Crippen LogP) is 4.18. The monoisotopic (exact) mass is 403 g/mol. The zero-order valence-electron chi connectivity index (χ0n) is 16.5. The molecule has 152 valence electrons. The highest BCUT2D eigenvalue weighted by Gasteiger charge is 2.26. The van der Waals surface area contributed by atoms with Crippen LogP contribution in [0.3, 0.4) is 0 Å². The van der Waals surface area contributed by atoms with Gasteiger partial charge in [0.1, 0.15) is 13.2 Å². The molecule has 1 aromatic rings. The summed E-state index contributed by atoms with van der Waals surface area (Å²) >= 11 is 0. The molecule has 6 heteroatoms. The summed E-state index contributed by atoms with van der Waals surface area (Å²) in [7, 11) is -3.81. The second-order valence-corrected chi connectivity index (χ2v) is 8.25. The van der Waals surface area contributed by atoms with Crippen LogP contribution in [0.25, 0.3) is 0 Å². The number of aryl methyl sites for hydroxylation is 1. The second-order valence-electron chi connectivity index (χ2n) is 6.32. The highest BCUT2D eigenvalue weighted by molar-refractivity contribution is 7.89. The molecule has 0 N–H and O–H groups in total. The van der Waals surface area contributed by atoms with Crippen LogP contribution in [0.5, 0.6) is 0 Å². The van der Waals surface area contributed by atoms with Gasteiger partial charge in [-0.2, -0.15) is 4.31 Å². The summed E-state index contributed by atoms with van der Waals surface area (Å²) in [6.07, 6.45) is 9.26. The van der Waals surface area contributed by atoms with Crippen LogP contribution >= 0.6 is 0 Å². The Balaban J connectivity index is 2.74. The molecular formula is C22H29NO4S. The summed E-state index contributed by atoms with van der Waals surface area (Å²) in [6, 6.07) is 6.51. The lowest BCUT2D eigenvalue weighted by Gasteiger charge is -2.21. The molecule has 0 saturated carbocycles. The molecule has 1 rings (SSSR count). The smallest absolute Gasteiger partial charge is 0.321 e. The van der Waals surface area contributed by atoms with Gasteiger partial charge in [-0.1, -0.05) is 48.6 Å². The van der Waals surface area contributed by atoms with Gasteiger partial charge in [-0.15, -0.1) is 13.2 Å². The number of hydrogen-bond donors (Lipinski definition) is 0. The molecule has 0 bridgehead atoms. The number of unbranched alkanes of at least 4 members (excludes halogenated alkanes) is 1. The molecular weight excluding hydrogens is 374 g/mol. The highest BCUT2D eigenvalue weighted by atomic mass is 32.2. The van der Waals surface area contributed by atoms with Crippen molar-refractivity contribution in [1.82, 2.24) is 4.31 Å². The fourth-order valence-electron chi connectivity index (χ4n) is 2.25. The zero-order valence-corrected chi connectivity index (χ0v) is 17.3. The molecule has 0 unspecified atom stereocenters. The Morgan fingerprint density at radius 1 is 1.11 bits per heavy atom. The number of benzene rings is 1. The Morgan fingerprint density at radius 2 is 1.75 bits per heavy atom. The molecule has 28 heavy (non-hydrogen) atoms. The minimum Gasteiger partial charge on any atom is -0.460 e. The van der Waals surface area contributed by atoms with Crippen molar-refractivity contribution in [3.05, 3.63) is 79.4 Å². The first-order chi connectivity index (χ1) is 13.3. The first-order valence-electron chi connectivity index (χ1n) is 9.09. The number of rotatable bonds is 13. The predicted molar refractivity (Wildman–Crippen MR) is 113 cm³/mol. The third-order valence-corrected chi connectivity index (χ3v) is 5.72. The van der Waals surface area contributed by atoms with Crippen LogP contribution in [0.2, 0.25) is 0 Å². The van der Waals surface area contributed by atoms with Crippen molar-refractivity contribution < 1.29 is 17.9 Å². The highest BCUT2D eigenvalue weighted by Crippen LogP contribution is 2.17. The Morgan fingerprint density at radius 3 is 2.36 bits per heavy atom. The fourth-order valence-corrected chi connectivity index (χ4v) is 3.65. The van der Waals surface area contributed by atoms with Crippen LogP contribution in [0.1, 0.15) is 24.8 Å². The van der Waals surface area contributed by atoms with Gasteiger partial charge in [0.25, 0.3) is 0 Å². The van der Waals surface area contributed by atoms with Gasteiger partial charge in [-0.25, -0.2) is 8.42 Å². The van der Waals surface area contributed by atoms with Crippen LogP contribution in [-0.4, -0.2) is 38.4 Å². The van der Waals surface area contributed by atoms with E-state index in [9.17, 15) is 13.2 Å². The van der Waals surface area contributed by atoms with E-state index in [-0.39, 0.29) is 24.6 Å². The maximum Gasteiger partial charge on any atom is 0.321 e. The number of esters is 1. The van der Waals surface area contributed by atoms with E-state index in [1.165, 1.54) is 12.1 Å². The number of nitrogens with zero attached hydrogens (tertiary/aromatic N) is 1. The topological polar surface area (TPSA) is 63.7 Å². The molecule has 0 fully saturated rings. The summed E-state index contributed by atoms with van der Waals surface area (Å²) in [5.41, 5.74) is 1.59. The SMILES string of the molecule is C=CCC/C=C/C(=C)COC(=O)CN(CCC=C)S(=O)(=O)c1ccc(C)cc1. The summed E-state index contributed by atoms with van der Waals surface area (Å²) in [4.78, 5) is 12.3. The Labute approximate surface area is 168 Å². The van der Waals surface area contributed by atoms with Crippen LogP contribution < -0.4 is 0 Å². The molecule has 0 aromatic heterocycles. The molecule has 0 aliphatic heterocycles. The normalized spacial score (nSPS) is 11.5. The maximum absolute atomic E-state index is 12.9. The van der Waals surface area contributed by atoms with Gasteiger partial charge in [-0.05, 0) is 43.9 Å². The number of hydrogen-bond acceptors (Lipinski definition) is 4. The minimum absolute atomic E-state index is 0.0172. The molecule has 1 aromatic carbocycles. The van der Waals surface area contributed by atoms with E-state index in [0.717, 1.165) is 22.7 Å². The molecule has 5 nitrogen and oxygen atoms in total. The fraction of sp³-hybridized carbons (Fsp3) is 0.318. The number of sulfonamides is 1. The lowest BCUT2D eigenvalue weighted by Crippen LogP contribution is -2.37. The van der Waals surface area contributed by atoms with Crippen molar-refractivity contribution in [2.75, 3.05) is 19.7 Å². The first kappa shape index (κ1) is 23.6. The van der Waals surface area contributed by atoms with Gasteiger partial charge in [0, 0.05) is 6.54 Å². The number of carbonyl (C=O) groups excluding carboxylic acids is 1. The summed E-state index contributed by atoms with van der Waals surface area (Å²) in [5.74, 6) is -0.625. The number of ether oxygens (including phenoxy) is 1. The molecule has 0 radical (unpaired) electrons. The van der Waals surface area contributed by atoms with Crippen molar-refractivity contribution in [3.63, 3.8) is 0 Å². The lowest BCUT2D eigenvalue weighted by molar-refractivity contribution is -0.142. The second kappa shape index (κ2) is 12.1. The van der Waals surface area contributed by atoms with Gasteiger partial charge >= 0.3 is 5.97 Å². The minimum atomic E-state index is -3.81. The average Bonchev–Trinajstić information content (AvgIpc) is 2.67. The van der Waals surface area contributed by atoms with Gasteiger partial charge in [0.15, 0.2) is 0 Å². The zero-order chi connectivity index (χ0) is 21.0. The van der Waals surface area contributed by atoms with Crippen molar-refractivity contribution in [2.24, 2.45) is 0 Å². The lowest BCUT2D eigenvalue weighted by atomic mass is 10.2. The third kappa shape index (κ3) is 8.06. The van der Waals surface area contributed by atoms with Crippen LogP contribution in [-0.2, 0) is 19.6 Å². The molecule has 0 amide bonds. The molecule has 0 heterocycles. The van der Waals surface area contributed by atoms with E-state index >= 15 is 0 Å². The Hall–Kier alpha value is -2.44. The van der Waals surface area contributed by atoms with Gasteiger partial charge in [-0.3, -0.25) is 4.79 Å². The van der Waals surface area contributed by atoms with Gasteiger partial charge < -0.3 is 4.74 Å². The van der Waals surface area contributed by atoms with Crippen LogP contribution in [0, 0.1) is 6.92 Å². The van der Waals surface area contributed by atoms with Crippen molar-refractivity contribution in [3.8, 4) is 0 Å². The van der Waals surface area contributed by atoms with Crippen LogP contribution in [0.15, 0.2) is 78.8 Å². The number of carbonyl (C=O) groups is 1. The standard InChI is InChI=1S/C22H29NO4S/c1-5-7-9-10-11-20(4)18-27-22(24)17-23(16-8-6-2)28(25,26)21-14-12-19(3)13-15-21/h5-6,10-15H,1-2,4,7-9,16-18H2,3H3/b11-10+. The molecule has 0 saturated heterocycles.